The van der Waals surface area contributed by atoms with Gasteiger partial charge in [-0.1, -0.05) is 40.2 Å². The molecule has 0 spiro atoms. The molecule has 3 aromatic rings. The number of halogens is 2. The van der Waals surface area contributed by atoms with Gasteiger partial charge in [-0.15, -0.1) is 16.4 Å². The summed E-state index contributed by atoms with van der Waals surface area (Å²) in [6.07, 6.45) is -1.62. The quantitative estimate of drug-likeness (QED) is 0.502. The van der Waals surface area contributed by atoms with Crippen LogP contribution in [-0.2, 0) is 4.74 Å². The van der Waals surface area contributed by atoms with Crippen LogP contribution in [0.5, 0.6) is 0 Å². The van der Waals surface area contributed by atoms with E-state index < -0.39 is 36.4 Å². The van der Waals surface area contributed by atoms with Gasteiger partial charge in [-0.3, -0.25) is 0 Å². The Kier molecular flexibility index (Phi) is 6.66. The molecule has 0 amide bonds. The van der Waals surface area contributed by atoms with Crippen LogP contribution in [-0.4, -0.2) is 65.7 Å². The predicted octanol–water partition coefficient (Wildman–Crippen LogP) is 2.79. The second-order valence-electron chi connectivity index (χ2n) is 6.77. The van der Waals surface area contributed by atoms with Crippen LogP contribution < -0.4 is 0 Å². The van der Waals surface area contributed by atoms with Crippen LogP contribution in [0, 0.1) is 6.92 Å². The average molecular weight is 489 g/mol. The number of aryl methyl sites for hydroxylation is 1. The maximum Gasteiger partial charge on any atom is 0.145 e. The fraction of sp³-hybridized carbons (Fsp3) is 0.389. The minimum Gasteiger partial charge on any atom is -0.394 e. The molecule has 1 fully saturated rings. The average Bonchev–Trinajstić information content (AvgIpc) is 3.36. The first-order valence-electron chi connectivity index (χ1n) is 8.96. The first kappa shape index (κ1) is 22.0. The molecule has 1 aromatic carbocycles. The van der Waals surface area contributed by atoms with Gasteiger partial charge in [0.15, 0.2) is 0 Å². The Hall–Kier alpha value is -1.24. The van der Waals surface area contributed by atoms with Crippen molar-refractivity contribution in [1.29, 1.82) is 0 Å². The van der Waals surface area contributed by atoms with Crippen molar-refractivity contribution >= 4 is 46.3 Å². The first-order chi connectivity index (χ1) is 14.4. The standard InChI is InChI=1S/C18H18Cl2N4O4S2/c1-8-7-29-17(21-8)12-5-24(23-22-12)14-15(26)13(6-25)28-18(16(14)27)30-9-2-3-10(19)11(20)4-9/h2-5,7,13-16,18,25-27H,6H2,1H3/t13?,14-,15-,16?,18+/m0/s1. The fourth-order valence-electron chi connectivity index (χ4n) is 3.15. The number of hydrogen-bond acceptors (Lipinski definition) is 9. The van der Waals surface area contributed by atoms with E-state index in [1.807, 2.05) is 12.3 Å². The molecule has 3 heterocycles. The lowest BCUT2D eigenvalue weighted by molar-refractivity contribution is -0.178. The molecule has 0 radical (unpaired) electrons. The monoisotopic (exact) mass is 488 g/mol. The van der Waals surface area contributed by atoms with Gasteiger partial charge in [-0.25, -0.2) is 9.67 Å². The lowest BCUT2D eigenvalue weighted by Crippen LogP contribution is -2.55. The molecular formula is C18H18Cl2N4O4S2. The Morgan fingerprint density at radius 3 is 2.70 bits per heavy atom. The van der Waals surface area contributed by atoms with Crippen molar-refractivity contribution in [2.75, 3.05) is 6.61 Å². The van der Waals surface area contributed by atoms with Crippen molar-refractivity contribution in [3.63, 3.8) is 0 Å². The van der Waals surface area contributed by atoms with Crippen molar-refractivity contribution in [2.24, 2.45) is 0 Å². The van der Waals surface area contributed by atoms with E-state index >= 15 is 0 Å². The van der Waals surface area contributed by atoms with E-state index in [-0.39, 0.29) is 0 Å². The van der Waals surface area contributed by atoms with Gasteiger partial charge >= 0.3 is 0 Å². The third kappa shape index (κ3) is 4.37. The van der Waals surface area contributed by atoms with Gasteiger partial charge < -0.3 is 20.1 Å². The van der Waals surface area contributed by atoms with Crippen molar-refractivity contribution < 1.29 is 20.1 Å². The fourth-order valence-corrected chi connectivity index (χ4v) is 5.36. The number of hydrogen-bond donors (Lipinski definition) is 3. The highest BCUT2D eigenvalue weighted by atomic mass is 35.5. The molecular weight excluding hydrogens is 471 g/mol. The first-order valence-corrected chi connectivity index (χ1v) is 11.5. The van der Waals surface area contributed by atoms with E-state index in [4.69, 9.17) is 27.9 Å². The molecule has 5 atom stereocenters. The summed E-state index contributed by atoms with van der Waals surface area (Å²) >= 11 is 14.7. The molecule has 3 N–H and O–H groups in total. The molecule has 2 aromatic heterocycles. The van der Waals surface area contributed by atoms with E-state index in [2.05, 4.69) is 15.3 Å². The Labute approximate surface area is 190 Å². The van der Waals surface area contributed by atoms with Crippen molar-refractivity contribution in [1.82, 2.24) is 20.0 Å². The maximum absolute atomic E-state index is 11.0. The molecule has 12 heteroatoms. The molecule has 0 aliphatic carbocycles. The number of ether oxygens (including phenoxy) is 1. The minimum absolute atomic E-state index is 0.377. The Bertz CT molecular complexity index is 1030. The zero-order valence-electron chi connectivity index (χ0n) is 15.6. The third-order valence-corrected chi connectivity index (χ3v) is 7.52. The van der Waals surface area contributed by atoms with Crippen LogP contribution in [0.4, 0.5) is 0 Å². The summed E-state index contributed by atoms with van der Waals surface area (Å²) in [7, 11) is 0. The molecule has 1 aliphatic heterocycles. The summed E-state index contributed by atoms with van der Waals surface area (Å²) in [5.41, 5.74) is 0.616. The molecule has 2 unspecified atom stereocenters. The number of aromatic nitrogens is 4. The summed E-state index contributed by atoms with van der Waals surface area (Å²) in [6, 6.07) is 4.19. The van der Waals surface area contributed by atoms with Crippen molar-refractivity contribution in [3.05, 3.63) is 45.5 Å². The Morgan fingerprint density at radius 2 is 2.03 bits per heavy atom. The van der Waals surface area contributed by atoms with Crippen molar-refractivity contribution in [3.8, 4) is 10.7 Å². The number of aliphatic hydroxyl groups excluding tert-OH is 3. The van der Waals surface area contributed by atoms with E-state index in [0.717, 1.165) is 10.6 Å². The lowest BCUT2D eigenvalue weighted by atomic mass is 9.97. The van der Waals surface area contributed by atoms with Gasteiger partial charge in [0, 0.05) is 16.0 Å². The molecule has 0 saturated carbocycles. The number of rotatable bonds is 5. The zero-order chi connectivity index (χ0) is 21.4. The summed E-state index contributed by atoms with van der Waals surface area (Å²) in [4.78, 5) is 5.10. The largest absolute Gasteiger partial charge is 0.394 e. The molecule has 0 bridgehead atoms. The van der Waals surface area contributed by atoms with Crippen LogP contribution in [0.3, 0.4) is 0 Å². The number of benzene rings is 1. The zero-order valence-corrected chi connectivity index (χ0v) is 18.7. The molecule has 160 valence electrons. The summed E-state index contributed by atoms with van der Waals surface area (Å²) in [6.45, 7) is 1.46. The second kappa shape index (κ2) is 9.09. The lowest BCUT2D eigenvalue weighted by Gasteiger charge is -2.41. The number of thiazole rings is 1. The molecule has 1 saturated heterocycles. The normalized spacial score (nSPS) is 26.8. The van der Waals surface area contributed by atoms with Crippen LogP contribution in [0.1, 0.15) is 11.7 Å². The van der Waals surface area contributed by atoms with Gasteiger partial charge in [0.2, 0.25) is 0 Å². The van der Waals surface area contributed by atoms with E-state index in [1.165, 1.54) is 27.8 Å². The van der Waals surface area contributed by atoms with E-state index in [0.29, 0.717) is 20.7 Å². The van der Waals surface area contributed by atoms with Gasteiger partial charge in [0.1, 0.15) is 40.5 Å². The highest BCUT2D eigenvalue weighted by Gasteiger charge is 2.46. The molecule has 8 nitrogen and oxygen atoms in total. The highest BCUT2D eigenvalue weighted by molar-refractivity contribution is 7.99. The minimum atomic E-state index is -1.19. The van der Waals surface area contributed by atoms with Crippen LogP contribution in [0.25, 0.3) is 10.7 Å². The number of nitrogens with zero attached hydrogens (tertiary/aromatic N) is 4. The summed E-state index contributed by atoms with van der Waals surface area (Å²) in [5.74, 6) is 0. The highest BCUT2D eigenvalue weighted by Crippen LogP contribution is 2.39. The number of aliphatic hydroxyl groups is 3. The smallest absolute Gasteiger partial charge is 0.145 e. The Morgan fingerprint density at radius 1 is 1.23 bits per heavy atom. The van der Waals surface area contributed by atoms with Gasteiger partial charge in [-0.2, -0.15) is 0 Å². The molecule has 4 rings (SSSR count). The molecule has 30 heavy (non-hydrogen) atoms. The van der Waals surface area contributed by atoms with E-state index in [1.54, 1.807) is 24.4 Å². The van der Waals surface area contributed by atoms with Crippen molar-refractivity contribution in [2.45, 2.75) is 41.6 Å². The molecule has 1 aliphatic rings. The maximum atomic E-state index is 11.0. The van der Waals surface area contributed by atoms with E-state index in [9.17, 15) is 15.3 Å². The van der Waals surface area contributed by atoms with Gasteiger partial charge in [0.25, 0.3) is 0 Å². The predicted molar refractivity (Wildman–Crippen MR) is 115 cm³/mol. The number of thioether (sulfide) groups is 1. The topological polar surface area (TPSA) is 114 Å². The van der Waals surface area contributed by atoms with Gasteiger partial charge in [0.05, 0.1) is 22.8 Å². The summed E-state index contributed by atoms with van der Waals surface area (Å²) < 4.78 is 7.14. The Balaban J connectivity index is 1.61. The van der Waals surface area contributed by atoms with Crippen LogP contribution in [0.2, 0.25) is 10.0 Å². The summed E-state index contributed by atoms with van der Waals surface area (Å²) in [5, 5.41) is 43.0. The second-order valence-corrected chi connectivity index (χ2v) is 9.61. The van der Waals surface area contributed by atoms with Crippen LogP contribution >= 0.6 is 46.3 Å². The van der Waals surface area contributed by atoms with Crippen LogP contribution in [0.15, 0.2) is 34.7 Å². The SMILES string of the molecule is Cc1csc(-c2cn([C@@H]3C(O)[C@@H](Sc4ccc(Cl)c(Cl)c4)OC(CO)[C@@H]3O)nn2)n1. The third-order valence-electron chi connectivity index (χ3n) is 4.65. The van der Waals surface area contributed by atoms with Gasteiger partial charge in [-0.05, 0) is 25.1 Å².